The number of piperidine rings is 1. The van der Waals surface area contributed by atoms with E-state index in [4.69, 9.17) is 4.99 Å². The number of benzene rings is 1. The van der Waals surface area contributed by atoms with E-state index in [2.05, 4.69) is 37.9 Å². The van der Waals surface area contributed by atoms with E-state index < -0.39 is 15.6 Å². The summed E-state index contributed by atoms with van der Waals surface area (Å²) in [7, 11) is -3.62. The van der Waals surface area contributed by atoms with Crippen molar-refractivity contribution in [2.75, 3.05) is 19.6 Å². The van der Waals surface area contributed by atoms with Crippen LogP contribution in [0.3, 0.4) is 0 Å². The number of amides is 1. The van der Waals surface area contributed by atoms with E-state index in [9.17, 15) is 18.0 Å². The Morgan fingerprint density at radius 2 is 1.71 bits per heavy atom. The van der Waals surface area contributed by atoms with Gasteiger partial charge in [-0.1, -0.05) is 43.5 Å². The lowest BCUT2D eigenvalue weighted by Gasteiger charge is -2.34. The molecule has 9 heteroatoms. The Morgan fingerprint density at radius 1 is 1.07 bits per heavy atom. The first-order valence-electron chi connectivity index (χ1n) is 15.4. The molecule has 1 saturated carbocycles. The van der Waals surface area contributed by atoms with E-state index in [1.54, 1.807) is 6.08 Å². The van der Waals surface area contributed by atoms with Crippen LogP contribution in [-0.4, -0.2) is 72.4 Å². The summed E-state index contributed by atoms with van der Waals surface area (Å²) in [5.74, 6) is 1.29. The van der Waals surface area contributed by atoms with Crippen LogP contribution in [0.4, 0.5) is 0 Å². The summed E-state index contributed by atoms with van der Waals surface area (Å²) < 4.78 is 27.6. The molecule has 1 aromatic carbocycles. The third kappa shape index (κ3) is 8.14. The van der Waals surface area contributed by atoms with Crippen LogP contribution in [0.15, 0.2) is 34.7 Å². The number of hydrogen-bond donors (Lipinski definition) is 1. The summed E-state index contributed by atoms with van der Waals surface area (Å²) >= 11 is 0. The van der Waals surface area contributed by atoms with Crippen molar-refractivity contribution in [2.24, 2.45) is 10.9 Å². The number of nitrogens with zero attached hydrogens (tertiary/aromatic N) is 3. The van der Waals surface area contributed by atoms with Gasteiger partial charge in [0, 0.05) is 49.3 Å². The van der Waals surface area contributed by atoms with Gasteiger partial charge in [0.1, 0.15) is 17.2 Å². The first-order chi connectivity index (χ1) is 19.5. The van der Waals surface area contributed by atoms with Crippen molar-refractivity contribution < 1.29 is 18.0 Å². The second-order valence-electron chi connectivity index (χ2n) is 12.6. The maximum absolute atomic E-state index is 13.1. The molecule has 1 N–H and O–H groups in total. The van der Waals surface area contributed by atoms with Crippen LogP contribution in [-0.2, 0) is 26.0 Å². The first kappa shape index (κ1) is 31.6. The van der Waals surface area contributed by atoms with Gasteiger partial charge in [-0.3, -0.25) is 19.5 Å². The normalized spacial score (nSPS) is 20.5. The number of aliphatic imine (C=N–C) groups is 1. The van der Waals surface area contributed by atoms with Gasteiger partial charge in [0.25, 0.3) is 5.91 Å². The van der Waals surface area contributed by atoms with Crippen LogP contribution in [0.2, 0.25) is 0 Å². The van der Waals surface area contributed by atoms with E-state index >= 15 is 0 Å². The van der Waals surface area contributed by atoms with Gasteiger partial charge in [-0.05, 0) is 83.5 Å². The van der Waals surface area contributed by atoms with Crippen molar-refractivity contribution in [2.45, 2.75) is 110 Å². The molecule has 3 aliphatic rings. The molecular weight excluding hydrogens is 536 g/mol. The molecular formula is C32H48N4O4S. The quantitative estimate of drug-likeness (QED) is 0.375. The number of hydrogen-bond acceptors (Lipinski definition) is 6. The highest BCUT2D eigenvalue weighted by Crippen LogP contribution is 2.35. The molecule has 8 nitrogen and oxygen atoms in total. The molecule has 41 heavy (non-hydrogen) atoms. The van der Waals surface area contributed by atoms with Gasteiger partial charge in [-0.2, -0.15) is 4.31 Å². The Morgan fingerprint density at radius 3 is 2.32 bits per heavy atom. The van der Waals surface area contributed by atoms with E-state index in [1.807, 2.05) is 24.3 Å². The molecule has 1 amide bonds. The fourth-order valence-electron chi connectivity index (χ4n) is 6.45. The molecule has 0 bridgehead atoms. The summed E-state index contributed by atoms with van der Waals surface area (Å²) in [6, 6.07) is 8.41. The fourth-order valence-corrected chi connectivity index (χ4v) is 7.64. The first-order valence-corrected chi connectivity index (χ1v) is 17.0. The number of rotatable bonds is 12. The number of carbonyl (C=O) groups excluding carboxylic acids is 2. The van der Waals surface area contributed by atoms with Gasteiger partial charge in [-0.15, -0.1) is 0 Å². The minimum Gasteiger partial charge on any atom is -0.312 e. The minimum atomic E-state index is -3.62. The van der Waals surface area contributed by atoms with E-state index in [0.29, 0.717) is 43.7 Å². The average molecular weight is 585 g/mol. The molecule has 226 valence electrons. The molecule has 2 heterocycles. The number of ketones is 1. The third-order valence-corrected chi connectivity index (χ3v) is 10.5. The largest absolute Gasteiger partial charge is 0.312 e. The van der Waals surface area contributed by atoms with Crippen LogP contribution in [0, 0.1) is 5.92 Å². The maximum Gasteiger partial charge on any atom is 0.253 e. The van der Waals surface area contributed by atoms with Crippen LogP contribution in [0.1, 0.15) is 96.6 Å². The van der Waals surface area contributed by atoms with Crippen LogP contribution in [0.5, 0.6) is 0 Å². The summed E-state index contributed by atoms with van der Waals surface area (Å²) in [5, 5.41) is 4.27. The van der Waals surface area contributed by atoms with Crippen LogP contribution in [0.25, 0.3) is 6.08 Å². The van der Waals surface area contributed by atoms with Gasteiger partial charge in [0.05, 0.1) is 0 Å². The van der Waals surface area contributed by atoms with Crippen molar-refractivity contribution in [3.63, 3.8) is 0 Å². The Labute approximate surface area is 246 Å². The van der Waals surface area contributed by atoms with E-state index in [1.165, 1.54) is 29.0 Å². The molecule has 1 spiro atoms. The second kappa shape index (κ2) is 13.7. The summed E-state index contributed by atoms with van der Waals surface area (Å²) in [6.07, 6.45) is 9.90. The van der Waals surface area contributed by atoms with Gasteiger partial charge in [0.2, 0.25) is 10.0 Å². The topological polar surface area (TPSA) is 99.2 Å². The lowest BCUT2D eigenvalue weighted by Crippen LogP contribution is -2.50. The molecule has 1 aliphatic carbocycles. The second-order valence-corrected chi connectivity index (χ2v) is 14.4. The smallest absolute Gasteiger partial charge is 0.253 e. The third-order valence-electron chi connectivity index (χ3n) is 8.91. The SMILES string of the molecule is CC(C)N(CCCC(=O)Cc1ccc(/C=C/S(=O)(=O)N2CCC3(CC2)N=C(C2CCCCC2)NC3=O)cc1)C(C)C. The summed E-state index contributed by atoms with van der Waals surface area (Å²) in [5.41, 5.74) is 0.876. The van der Waals surface area contributed by atoms with Gasteiger partial charge < -0.3 is 5.32 Å². The highest BCUT2D eigenvalue weighted by Gasteiger charge is 2.48. The van der Waals surface area contributed by atoms with Crippen molar-refractivity contribution >= 4 is 33.6 Å². The van der Waals surface area contributed by atoms with E-state index in [-0.39, 0.29) is 24.8 Å². The molecule has 0 radical (unpaired) electrons. The lowest BCUT2D eigenvalue weighted by molar-refractivity contribution is -0.125. The molecule has 0 atom stereocenters. The monoisotopic (exact) mass is 584 g/mol. The summed E-state index contributed by atoms with van der Waals surface area (Å²) in [4.78, 5) is 32.6. The number of amidine groups is 1. The highest BCUT2D eigenvalue weighted by atomic mass is 32.2. The molecule has 1 aromatic rings. The van der Waals surface area contributed by atoms with Crippen molar-refractivity contribution in [3.8, 4) is 0 Å². The van der Waals surface area contributed by atoms with E-state index in [0.717, 1.165) is 42.8 Å². The number of nitrogens with one attached hydrogen (secondary N) is 1. The minimum absolute atomic E-state index is 0.0719. The Balaban J connectivity index is 1.26. The highest BCUT2D eigenvalue weighted by molar-refractivity contribution is 7.92. The number of Topliss-reactive ketones (excluding diaryl/α,β-unsaturated/α-hetero) is 1. The fraction of sp³-hybridized carbons (Fsp3) is 0.656. The molecule has 4 rings (SSSR count). The zero-order valence-electron chi connectivity index (χ0n) is 25.3. The zero-order chi connectivity index (χ0) is 29.6. The maximum atomic E-state index is 13.1. The number of sulfonamides is 1. The molecule has 0 unspecified atom stereocenters. The summed E-state index contributed by atoms with van der Waals surface area (Å²) in [6.45, 7) is 10.2. The van der Waals surface area contributed by atoms with Crippen molar-refractivity contribution in [1.29, 1.82) is 0 Å². The molecule has 2 fully saturated rings. The average Bonchev–Trinajstić information content (AvgIpc) is 3.26. The zero-order valence-corrected chi connectivity index (χ0v) is 26.1. The van der Waals surface area contributed by atoms with Gasteiger partial charge in [0.15, 0.2) is 0 Å². The number of carbonyl (C=O) groups is 2. The van der Waals surface area contributed by atoms with Gasteiger partial charge >= 0.3 is 0 Å². The predicted molar refractivity (Wildman–Crippen MR) is 165 cm³/mol. The Kier molecular flexibility index (Phi) is 10.6. The van der Waals surface area contributed by atoms with Crippen LogP contribution < -0.4 is 5.32 Å². The van der Waals surface area contributed by atoms with Crippen LogP contribution >= 0.6 is 0 Å². The Bertz CT molecular complexity index is 1210. The standard InChI is InChI=1S/C32H48N4O4S/c1-24(2)36(25(3)4)19-8-11-29(37)23-27-14-12-26(13-15-27)16-22-41(39,40)35-20-17-32(18-21-35)31(38)33-30(34-32)28-9-6-5-7-10-28/h12-16,22,24-25,28H,5-11,17-21,23H2,1-4H3,(H,33,34,38)/b22-16+. The predicted octanol–water partition coefficient (Wildman–Crippen LogP) is 4.94. The molecule has 2 aliphatic heterocycles. The lowest BCUT2D eigenvalue weighted by atomic mass is 9.88. The van der Waals surface area contributed by atoms with Crippen molar-refractivity contribution in [3.05, 3.63) is 40.8 Å². The molecule has 0 aromatic heterocycles. The Hall–Kier alpha value is -2.36. The molecule has 1 saturated heterocycles. The van der Waals surface area contributed by atoms with Gasteiger partial charge in [-0.25, -0.2) is 8.42 Å². The van der Waals surface area contributed by atoms with Crippen molar-refractivity contribution in [1.82, 2.24) is 14.5 Å².